The van der Waals surface area contributed by atoms with Crippen LogP contribution >= 0.6 is 11.3 Å². The standard InChI is InChI=1S/C24H31N5O2S/c1-15-4-6-28(7-5-15)22-20-19(25-14-26-22)18-16-12-24(2,3)31-13-17(16)21(27-23(18)32-20)29-8-10-30-11-9-29/h14-15H,4-13H2,1-3H3. The van der Waals surface area contributed by atoms with Crippen LogP contribution < -0.4 is 9.80 Å². The molecule has 6 heterocycles. The molecule has 0 saturated carbocycles. The maximum Gasteiger partial charge on any atom is 0.150 e. The van der Waals surface area contributed by atoms with Crippen molar-refractivity contribution in [3.05, 3.63) is 17.5 Å². The Morgan fingerprint density at radius 3 is 2.53 bits per heavy atom. The highest BCUT2D eigenvalue weighted by Crippen LogP contribution is 2.44. The summed E-state index contributed by atoms with van der Waals surface area (Å²) >= 11 is 1.76. The number of hydrogen-bond donors (Lipinski definition) is 0. The largest absolute Gasteiger partial charge is 0.378 e. The molecule has 0 atom stereocenters. The molecule has 32 heavy (non-hydrogen) atoms. The Hall–Kier alpha value is -2.03. The van der Waals surface area contributed by atoms with Gasteiger partial charge in [0.15, 0.2) is 0 Å². The zero-order chi connectivity index (χ0) is 21.9. The Morgan fingerprint density at radius 1 is 1.00 bits per heavy atom. The van der Waals surface area contributed by atoms with Crippen LogP contribution in [-0.4, -0.2) is 59.9 Å². The van der Waals surface area contributed by atoms with Crippen LogP contribution in [0, 0.1) is 5.92 Å². The van der Waals surface area contributed by atoms with E-state index in [1.807, 2.05) is 0 Å². The topological polar surface area (TPSA) is 63.6 Å². The summed E-state index contributed by atoms with van der Waals surface area (Å²) < 4.78 is 13.0. The zero-order valence-electron chi connectivity index (χ0n) is 19.2. The Bertz CT molecular complexity index is 1160. The fourth-order valence-electron chi connectivity index (χ4n) is 5.26. The van der Waals surface area contributed by atoms with Crippen molar-refractivity contribution < 1.29 is 9.47 Å². The summed E-state index contributed by atoms with van der Waals surface area (Å²) in [5.41, 5.74) is 3.45. The SMILES string of the molecule is CC1CCN(c2ncnc3c2sc2nc(N4CCOCC4)c4c(c23)CC(C)(C)OC4)CC1. The first-order chi connectivity index (χ1) is 15.5. The van der Waals surface area contributed by atoms with Crippen LogP contribution in [-0.2, 0) is 22.5 Å². The maximum absolute atomic E-state index is 6.25. The van der Waals surface area contributed by atoms with E-state index >= 15 is 0 Å². The van der Waals surface area contributed by atoms with Crippen molar-refractivity contribution in [3.8, 4) is 0 Å². The summed E-state index contributed by atoms with van der Waals surface area (Å²) in [7, 11) is 0. The lowest BCUT2D eigenvalue weighted by atomic mass is 9.90. The lowest BCUT2D eigenvalue weighted by molar-refractivity contribution is -0.0396. The van der Waals surface area contributed by atoms with Crippen molar-refractivity contribution in [1.29, 1.82) is 0 Å². The highest BCUT2D eigenvalue weighted by Gasteiger charge is 2.33. The molecule has 8 heteroatoms. The van der Waals surface area contributed by atoms with E-state index in [2.05, 4.69) is 30.6 Å². The van der Waals surface area contributed by atoms with Gasteiger partial charge in [-0.3, -0.25) is 0 Å². The minimum atomic E-state index is -0.198. The predicted molar refractivity (Wildman–Crippen MR) is 129 cm³/mol. The first kappa shape index (κ1) is 20.6. The number of thiophene rings is 1. The van der Waals surface area contributed by atoms with Gasteiger partial charge in [-0.25, -0.2) is 15.0 Å². The number of anilines is 2. The molecule has 0 unspecified atom stereocenters. The third-order valence-electron chi connectivity index (χ3n) is 7.18. The fourth-order valence-corrected chi connectivity index (χ4v) is 6.43. The van der Waals surface area contributed by atoms with Crippen molar-refractivity contribution in [2.24, 2.45) is 5.92 Å². The average molecular weight is 454 g/mol. The van der Waals surface area contributed by atoms with Gasteiger partial charge in [0.1, 0.15) is 22.8 Å². The van der Waals surface area contributed by atoms with E-state index in [9.17, 15) is 0 Å². The number of fused-ring (bicyclic) bond motifs is 5. The number of morpholine rings is 1. The van der Waals surface area contributed by atoms with E-state index in [1.54, 1.807) is 17.7 Å². The second kappa shape index (κ2) is 7.78. The number of hydrogen-bond acceptors (Lipinski definition) is 8. The van der Waals surface area contributed by atoms with Crippen LogP contribution in [0.2, 0.25) is 0 Å². The molecule has 0 spiro atoms. The quantitative estimate of drug-likeness (QED) is 0.577. The molecule has 2 fully saturated rings. The number of pyridine rings is 1. The normalized spacial score (nSPS) is 22.0. The molecule has 2 saturated heterocycles. The fraction of sp³-hybridized carbons (Fsp3) is 0.625. The van der Waals surface area contributed by atoms with Gasteiger partial charge in [0.2, 0.25) is 0 Å². The Balaban J connectivity index is 1.55. The van der Waals surface area contributed by atoms with Gasteiger partial charge in [-0.15, -0.1) is 11.3 Å². The monoisotopic (exact) mass is 453 g/mol. The summed E-state index contributed by atoms with van der Waals surface area (Å²) in [6, 6.07) is 0. The number of piperidine rings is 1. The second-order valence-electron chi connectivity index (χ2n) is 10.0. The molecule has 0 bridgehead atoms. The predicted octanol–water partition coefficient (Wildman–Crippen LogP) is 4.16. The number of aromatic nitrogens is 3. The molecule has 0 N–H and O–H groups in total. The minimum Gasteiger partial charge on any atom is -0.378 e. The molecule has 0 amide bonds. The van der Waals surface area contributed by atoms with Gasteiger partial charge in [-0.05, 0) is 38.2 Å². The van der Waals surface area contributed by atoms with Gasteiger partial charge < -0.3 is 19.3 Å². The molecule has 170 valence electrons. The van der Waals surface area contributed by atoms with E-state index in [4.69, 9.17) is 24.4 Å². The van der Waals surface area contributed by atoms with E-state index < -0.39 is 0 Å². The molecule has 3 aromatic rings. The molecular weight excluding hydrogens is 422 g/mol. The summed E-state index contributed by atoms with van der Waals surface area (Å²) in [6.45, 7) is 12.7. The third-order valence-corrected chi connectivity index (χ3v) is 8.25. The van der Waals surface area contributed by atoms with Gasteiger partial charge in [-0.2, -0.15) is 0 Å². The van der Waals surface area contributed by atoms with Crippen molar-refractivity contribution in [1.82, 2.24) is 15.0 Å². The molecule has 7 nitrogen and oxygen atoms in total. The van der Waals surface area contributed by atoms with Crippen LogP contribution in [0.4, 0.5) is 11.6 Å². The third kappa shape index (κ3) is 3.43. The number of ether oxygens (including phenoxy) is 2. The van der Waals surface area contributed by atoms with Crippen molar-refractivity contribution in [2.75, 3.05) is 49.2 Å². The Labute approximate surface area is 192 Å². The Morgan fingerprint density at radius 2 is 1.75 bits per heavy atom. The van der Waals surface area contributed by atoms with Crippen LogP contribution in [0.3, 0.4) is 0 Å². The Kier molecular flexibility index (Phi) is 5.00. The molecular formula is C24H31N5O2S. The molecule has 0 aromatic carbocycles. The van der Waals surface area contributed by atoms with E-state index in [0.29, 0.717) is 6.61 Å². The molecule has 6 rings (SSSR count). The van der Waals surface area contributed by atoms with E-state index in [-0.39, 0.29) is 5.60 Å². The van der Waals surface area contributed by atoms with Crippen LogP contribution in [0.1, 0.15) is 44.7 Å². The lowest BCUT2D eigenvalue weighted by Crippen LogP contribution is -2.39. The highest BCUT2D eigenvalue weighted by atomic mass is 32.1. The summed E-state index contributed by atoms with van der Waals surface area (Å²) in [6.07, 6.45) is 5.05. The number of rotatable bonds is 2. The average Bonchev–Trinajstić information content (AvgIpc) is 3.18. The van der Waals surface area contributed by atoms with Gasteiger partial charge >= 0.3 is 0 Å². The van der Waals surface area contributed by atoms with E-state index in [0.717, 1.165) is 73.7 Å². The van der Waals surface area contributed by atoms with Crippen molar-refractivity contribution in [2.45, 2.75) is 52.2 Å². The minimum absolute atomic E-state index is 0.198. The maximum atomic E-state index is 6.25. The molecule has 3 aliphatic rings. The molecule has 3 aromatic heterocycles. The van der Waals surface area contributed by atoms with Crippen LogP contribution in [0.25, 0.3) is 20.4 Å². The van der Waals surface area contributed by atoms with Crippen LogP contribution in [0.5, 0.6) is 0 Å². The second-order valence-corrected chi connectivity index (χ2v) is 11.0. The molecule has 0 aliphatic carbocycles. The summed E-state index contributed by atoms with van der Waals surface area (Å²) in [5, 5.41) is 1.21. The van der Waals surface area contributed by atoms with Gasteiger partial charge in [0.05, 0.1) is 35.6 Å². The molecule has 3 aliphatic heterocycles. The number of nitrogens with zero attached hydrogens (tertiary/aromatic N) is 5. The first-order valence-electron chi connectivity index (χ1n) is 11.8. The smallest absolute Gasteiger partial charge is 0.150 e. The van der Waals surface area contributed by atoms with E-state index in [1.165, 1.54) is 34.1 Å². The highest BCUT2D eigenvalue weighted by molar-refractivity contribution is 7.26. The van der Waals surface area contributed by atoms with Gasteiger partial charge in [0.25, 0.3) is 0 Å². The van der Waals surface area contributed by atoms with Crippen molar-refractivity contribution >= 4 is 43.4 Å². The first-order valence-corrected chi connectivity index (χ1v) is 12.6. The van der Waals surface area contributed by atoms with Crippen molar-refractivity contribution in [3.63, 3.8) is 0 Å². The summed E-state index contributed by atoms with van der Waals surface area (Å²) in [4.78, 5) is 20.7. The van der Waals surface area contributed by atoms with Gasteiger partial charge in [-0.1, -0.05) is 6.92 Å². The van der Waals surface area contributed by atoms with Crippen LogP contribution in [0.15, 0.2) is 6.33 Å². The molecule has 0 radical (unpaired) electrons. The zero-order valence-corrected chi connectivity index (χ0v) is 20.0. The van der Waals surface area contributed by atoms with Gasteiger partial charge in [0, 0.05) is 43.5 Å². The summed E-state index contributed by atoms with van der Waals surface area (Å²) in [5.74, 6) is 2.94. The lowest BCUT2D eigenvalue weighted by Gasteiger charge is -2.36.